The number of hydrogen-bond acceptors (Lipinski definition) is 8. The molecule has 1 aliphatic heterocycles. The lowest BCUT2D eigenvalue weighted by molar-refractivity contribution is -0.241. The summed E-state index contributed by atoms with van der Waals surface area (Å²) >= 11 is 0. The summed E-state index contributed by atoms with van der Waals surface area (Å²) in [6.45, 7) is -0.311. The lowest BCUT2D eigenvalue weighted by atomic mass is 10.0. The van der Waals surface area contributed by atoms with E-state index in [9.17, 15) is 15.3 Å². The maximum atomic E-state index is 10.3. The molecular formula is C23H25NO7. The van der Waals surface area contributed by atoms with Crippen molar-refractivity contribution in [3.05, 3.63) is 53.1 Å². The summed E-state index contributed by atoms with van der Waals surface area (Å²) < 4.78 is 22.3. The number of rotatable bonds is 7. The second-order valence-electron chi connectivity index (χ2n) is 7.04. The molecule has 0 aliphatic carbocycles. The van der Waals surface area contributed by atoms with E-state index >= 15 is 0 Å². The van der Waals surface area contributed by atoms with Gasteiger partial charge >= 0.3 is 0 Å². The smallest absolute Gasteiger partial charge is 0.229 e. The fourth-order valence-electron chi connectivity index (χ4n) is 3.22. The summed E-state index contributed by atoms with van der Waals surface area (Å²) in [6, 6.07) is 12.5. The molecule has 0 bridgehead atoms. The third kappa shape index (κ3) is 5.34. The molecule has 0 amide bonds. The van der Waals surface area contributed by atoms with Gasteiger partial charge in [0.2, 0.25) is 6.29 Å². The lowest BCUT2D eigenvalue weighted by Gasteiger charge is -2.36. The first-order chi connectivity index (χ1) is 15.0. The minimum Gasteiger partial charge on any atom is -0.497 e. The van der Waals surface area contributed by atoms with E-state index in [1.807, 2.05) is 18.2 Å². The predicted octanol–water partition coefficient (Wildman–Crippen LogP) is 1.95. The number of methoxy groups -OCH3 is 2. The average molecular weight is 427 g/mol. The van der Waals surface area contributed by atoms with Gasteiger partial charge in [-0.05, 0) is 23.8 Å². The van der Waals surface area contributed by atoms with Crippen molar-refractivity contribution in [1.82, 2.24) is 0 Å². The summed E-state index contributed by atoms with van der Waals surface area (Å²) in [6.07, 6.45) is -0.566. The first-order valence-electron chi connectivity index (χ1n) is 9.72. The van der Waals surface area contributed by atoms with Gasteiger partial charge in [0.25, 0.3) is 0 Å². The minimum absolute atomic E-state index is 0.0999. The number of ether oxygens (including phenoxy) is 4. The van der Waals surface area contributed by atoms with E-state index in [4.69, 9.17) is 24.2 Å². The quantitative estimate of drug-likeness (QED) is 0.574. The summed E-state index contributed by atoms with van der Waals surface area (Å²) in [7, 11) is 3.00. The van der Waals surface area contributed by atoms with E-state index in [0.29, 0.717) is 22.6 Å². The standard InChI is InChI=1S/C23H25NO7/c1-28-17-9-16(8-7-14-3-5-15(12-24)6-4-14)22(20(11-17)29-2)31-23-21(27)19(26)10-18(13-25)30-23/h3-9,11,18-19,21,23,25-27H,10,13H2,1-2H3/b8-7+/t18-,19-,21+,23-/m0/s1. The van der Waals surface area contributed by atoms with Crippen LogP contribution < -0.4 is 14.2 Å². The molecule has 2 aromatic carbocycles. The molecule has 31 heavy (non-hydrogen) atoms. The molecule has 0 unspecified atom stereocenters. The molecular weight excluding hydrogens is 402 g/mol. The second-order valence-corrected chi connectivity index (χ2v) is 7.04. The van der Waals surface area contributed by atoms with E-state index in [-0.39, 0.29) is 18.8 Å². The van der Waals surface area contributed by atoms with Gasteiger partial charge in [0.1, 0.15) is 11.9 Å². The fourth-order valence-corrected chi connectivity index (χ4v) is 3.22. The van der Waals surface area contributed by atoms with Crippen molar-refractivity contribution in [2.24, 2.45) is 0 Å². The van der Waals surface area contributed by atoms with Crippen LogP contribution in [0.2, 0.25) is 0 Å². The van der Waals surface area contributed by atoms with Crippen LogP contribution in [0.5, 0.6) is 17.2 Å². The number of nitrogens with zero attached hydrogens (tertiary/aromatic N) is 1. The first kappa shape index (κ1) is 22.6. The molecule has 0 spiro atoms. The Kier molecular flexibility index (Phi) is 7.50. The van der Waals surface area contributed by atoms with Crippen LogP contribution in [0, 0.1) is 11.3 Å². The van der Waals surface area contributed by atoms with Gasteiger partial charge in [0.15, 0.2) is 11.5 Å². The van der Waals surface area contributed by atoms with Crippen LogP contribution in [0.3, 0.4) is 0 Å². The molecule has 0 radical (unpaired) electrons. The molecule has 0 saturated carbocycles. The van der Waals surface area contributed by atoms with Gasteiger partial charge in [-0.3, -0.25) is 0 Å². The molecule has 2 aromatic rings. The average Bonchev–Trinajstić information content (AvgIpc) is 2.80. The highest BCUT2D eigenvalue weighted by Crippen LogP contribution is 2.39. The van der Waals surface area contributed by atoms with Crippen molar-refractivity contribution >= 4 is 12.2 Å². The Morgan fingerprint density at radius 1 is 1.13 bits per heavy atom. The Labute approximate surface area is 180 Å². The van der Waals surface area contributed by atoms with Crippen molar-refractivity contribution in [1.29, 1.82) is 5.26 Å². The van der Waals surface area contributed by atoms with Crippen LogP contribution in [-0.4, -0.2) is 60.7 Å². The first-order valence-corrected chi connectivity index (χ1v) is 9.72. The molecule has 1 aliphatic rings. The highest BCUT2D eigenvalue weighted by atomic mass is 16.7. The van der Waals surface area contributed by atoms with Crippen molar-refractivity contribution in [2.45, 2.75) is 31.0 Å². The largest absolute Gasteiger partial charge is 0.497 e. The zero-order valence-electron chi connectivity index (χ0n) is 17.3. The van der Waals surface area contributed by atoms with Crippen molar-refractivity contribution < 1.29 is 34.3 Å². The number of hydrogen-bond donors (Lipinski definition) is 3. The molecule has 8 nitrogen and oxygen atoms in total. The minimum atomic E-state index is -1.30. The highest BCUT2D eigenvalue weighted by Gasteiger charge is 2.38. The van der Waals surface area contributed by atoms with Crippen LogP contribution in [0.4, 0.5) is 0 Å². The number of aliphatic hydroxyl groups is 3. The van der Waals surface area contributed by atoms with E-state index in [2.05, 4.69) is 6.07 Å². The Balaban J connectivity index is 1.96. The van der Waals surface area contributed by atoms with Gasteiger partial charge in [0, 0.05) is 18.1 Å². The van der Waals surface area contributed by atoms with E-state index in [0.717, 1.165) is 5.56 Å². The summed E-state index contributed by atoms with van der Waals surface area (Å²) in [5.41, 5.74) is 2.00. The molecule has 1 saturated heterocycles. The Hall–Kier alpha value is -3.09. The molecule has 4 atom stereocenters. The van der Waals surface area contributed by atoms with E-state index < -0.39 is 24.6 Å². The van der Waals surface area contributed by atoms with Crippen molar-refractivity contribution in [2.75, 3.05) is 20.8 Å². The van der Waals surface area contributed by atoms with Gasteiger partial charge in [-0.25, -0.2) is 0 Å². The SMILES string of the molecule is COc1cc(/C=C/c2ccc(C#N)cc2)c(O[C@@H]2O[C@H](CO)C[C@H](O)[C@H]2O)c(OC)c1. The molecule has 0 aromatic heterocycles. The van der Waals surface area contributed by atoms with Gasteiger partial charge in [-0.2, -0.15) is 5.26 Å². The summed E-state index contributed by atoms with van der Waals surface area (Å²) in [5, 5.41) is 38.8. The van der Waals surface area contributed by atoms with Gasteiger partial charge in [0.05, 0.1) is 44.7 Å². The second kappa shape index (κ2) is 10.3. The van der Waals surface area contributed by atoms with Gasteiger partial charge in [-0.15, -0.1) is 0 Å². The topological polar surface area (TPSA) is 121 Å². The van der Waals surface area contributed by atoms with Crippen LogP contribution in [0.15, 0.2) is 36.4 Å². The normalized spacial score (nSPS) is 23.4. The lowest BCUT2D eigenvalue weighted by Crippen LogP contribution is -2.51. The Bertz CT molecular complexity index is 952. The zero-order valence-corrected chi connectivity index (χ0v) is 17.3. The van der Waals surface area contributed by atoms with Crippen LogP contribution in [0.1, 0.15) is 23.1 Å². The number of nitriles is 1. The molecule has 1 fully saturated rings. The molecule has 3 N–H and O–H groups in total. The van der Waals surface area contributed by atoms with E-state index in [1.165, 1.54) is 14.2 Å². The molecule has 3 rings (SSSR count). The van der Waals surface area contributed by atoms with Crippen LogP contribution in [0.25, 0.3) is 12.2 Å². The third-order valence-corrected chi connectivity index (χ3v) is 4.95. The Morgan fingerprint density at radius 2 is 1.87 bits per heavy atom. The number of aliphatic hydroxyl groups excluding tert-OH is 3. The number of benzene rings is 2. The summed E-state index contributed by atoms with van der Waals surface area (Å²) in [5.74, 6) is 1.15. The van der Waals surface area contributed by atoms with Gasteiger partial charge in [-0.1, -0.05) is 24.3 Å². The Morgan fingerprint density at radius 3 is 2.48 bits per heavy atom. The van der Waals surface area contributed by atoms with E-state index in [1.54, 1.807) is 30.3 Å². The maximum absolute atomic E-state index is 10.3. The molecule has 1 heterocycles. The van der Waals surface area contributed by atoms with Crippen LogP contribution in [-0.2, 0) is 4.74 Å². The van der Waals surface area contributed by atoms with Crippen LogP contribution >= 0.6 is 0 Å². The maximum Gasteiger partial charge on any atom is 0.229 e. The van der Waals surface area contributed by atoms with Gasteiger partial charge < -0.3 is 34.3 Å². The molecule has 8 heteroatoms. The predicted molar refractivity (Wildman–Crippen MR) is 113 cm³/mol. The summed E-state index contributed by atoms with van der Waals surface area (Å²) in [4.78, 5) is 0. The van der Waals surface area contributed by atoms with Crippen molar-refractivity contribution in [3.63, 3.8) is 0 Å². The third-order valence-electron chi connectivity index (χ3n) is 4.95. The fraction of sp³-hybridized carbons (Fsp3) is 0.348. The highest BCUT2D eigenvalue weighted by molar-refractivity contribution is 5.75. The van der Waals surface area contributed by atoms with Crippen molar-refractivity contribution in [3.8, 4) is 23.3 Å². The molecule has 164 valence electrons. The zero-order chi connectivity index (χ0) is 22.4. The monoisotopic (exact) mass is 427 g/mol.